The van der Waals surface area contributed by atoms with Gasteiger partial charge in [0.2, 0.25) is 10.0 Å². The Kier molecular flexibility index (Phi) is 3.78. The van der Waals surface area contributed by atoms with Crippen molar-refractivity contribution in [2.45, 2.75) is 18.4 Å². The van der Waals surface area contributed by atoms with Crippen molar-refractivity contribution in [2.24, 2.45) is 5.73 Å². The lowest BCUT2D eigenvalue weighted by Crippen LogP contribution is -2.23. The first-order valence-corrected chi connectivity index (χ1v) is 5.97. The molecule has 4 nitrogen and oxygen atoms in total. The molecule has 15 heavy (non-hydrogen) atoms. The van der Waals surface area contributed by atoms with Gasteiger partial charge in [0, 0.05) is 18.7 Å². The molecule has 84 valence electrons. The van der Waals surface area contributed by atoms with E-state index in [0.717, 1.165) is 6.07 Å². The van der Waals surface area contributed by atoms with Crippen LogP contribution in [-0.4, -0.2) is 15.0 Å². The van der Waals surface area contributed by atoms with E-state index < -0.39 is 15.8 Å². The van der Waals surface area contributed by atoms with Crippen LogP contribution in [0.4, 0.5) is 4.39 Å². The highest BCUT2D eigenvalue weighted by atomic mass is 32.2. The summed E-state index contributed by atoms with van der Waals surface area (Å²) in [5.74, 6) is -0.493. The molecule has 0 aliphatic heterocycles. The Hall–Kier alpha value is -0.980. The van der Waals surface area contributed by atoms with Crippen LogP contribution < -0.4 is 10.5 Å². The first-order valence-electron chi connectivity index (χ1n) is 4.49. The van der Waals surface area contributed by atoms with E-state index in [0.29, 0.717) is 0 Å². The predicted octanol–water partition coefficient (Wildman–Crippen LogP) is 0.583. The maximum Gasteiger partial charge on any atom is 0.240 e. The van der Waals surface area contributed by atoms with Crippen LogP contribution in [0.15, 0.2) is 23.1 Å². The first kappa shape index (κ1) is 12.1. The van der Waals surface area contributed by atoms with Crippen LogP contribution in [0.2, 0.25) is 0 Å². The average Bonchev–Trinajstić information content (AvgIpc) is 2.18. The third-order valence-corrected chi connectivity index (χ3v) is 3.43. The highest BCUT2D eigenvalue weighted by Gasteiger charge is 2.14. The predicted molar refractivity (Wildman–Crippen MR) is 55.2 cm³/mol. The van der Waals surface area contributed by atoms with Crippen molar-refractivity contribution in [3.8, 4) is 0 Å². The highest BCUT2D eigenvalue weighted by molar-refractivity contribution is 7.89. The van der Waals surface area contributed by atoms with Gasteiger partial charge in [-0.2, -0.15) is 0 Å². The van der Waals surface area contributed by atoms with E-state index in [1.165, 1.54) is 12.1 Å². The van der Waals surface area contributed by atoms with E-state index in [4.69, 9.17) is 5.73 Å². The Bertz CT molecular complexity index is 445. The largest absolute Gasteiger partial charge is 0.326 e. The second kappa shape index (κ2) is 4.69. The summed E-state index contributed by atoms with van der Waals surface area (Å²) >= 11 is 0. The molecule has 0 bridgehead atoms. The Morgan fingerprint density at radius 1 is 1.47 bits per heavy atom. The molecule has 0 saturated carbocycles. The lowest BCUT2D eigenvalue weighted by molar-refractivity contribution is 0.581. The summed E-state index contributed by atoms with van der Waals surface area (Å²) in [6.07, 6.45) is 0. The number of rotatable bonds is 4. The molecule has 0 radical (unpaired) electrons. The molecule has 0 unspecified atom stereocenters. The molecule has 1 aromatic carbocycles. The van der Waals surface area contributed by atoms with E-state index in [2.05, 4.69) is 4.72 Å². The second-order valence-electron chi connectivity index (χ2n) is 2.96. The van der Waals surface area contributed by atoms with E-state index in [-0.39, 0.29) is 23.5 Å². The summed E-state index contributed by atoms with van der Waals surface area (Å²) in [4.78, 5) is 0.0335. The summed E-state index contributed by atoms with van der Waals surface area (Å²) in [7, 11) is -3.53. The molecule has 0 saturated heterocycles. The van der Waals surface area contributed by atoms with Crippen LogP contribution in [-0.2, 0) is 16.6 Å². The van der Waals surface area contributed by atoms with E-state index in [1.54, 1.807) is 6.92 Å². The van der Waals surface area contributed by atoms with Crippen molar-refractivity contribution in [1.82, 2.24) is 4.72 Å². The fraction of sp³-hybridized carbons (Fsp3) is 0.333. The van der Waals surface area contributed by atoms with Crippen molar-refractivity contribution >= 4 is 10.0 Å². The maximum atomic E-state index is 13.0. The van der Waals surface area contributed by atoms with Crippen molar-refractivity contribution in [1.29, 1.82) is 0 Å². The van der Waals surface area contributed by atoms with E-state index in [1.807, 2.05) is 0 Å². The minimum absolute atomic E-state index is 0.0265. The minimum atomic E-state index is -3.53. The Labute approximate surface area is 88.3 Å². The van der Waals surface area contributed by atoms with E-state index >= 15 is 0 Å². The molecule has 0 fully saturated rings. The number of halogens is 1. The summed E-state index contributed by atoms with van der Waals surface area (Å²) < 4.78 is 38.4. The van der Waals surface area contributed by atoms with Crippen molar-refractivity contribution < 1.29 is 12.8 Å². The number of nitrogens with one attached hydrogen (secondary N) is 1. The van der Waals surface area contributed by atoms with E-state index in [9.17, 15) is 12.8 Å². The monoisotopic (exact) mass is 232 g/mol. The number of benzene rings is 1. The number of sulfonamides is 1. The lowest BCUT2D eigenvalue weighted by Gasteiger charge is -2.06. The quantitative estimate of drug-likeness (QED) is 0.797. The standard InChI is InChI=1S/C9H13FN2O2S/c1-2-12-15(13,14)8-3-4-9(10)7(5-8)6-11/h3-5,12H,2,6,11H2,1H3. The molecule has 0 spiro atoms. The second-order valence-corrected chi connectivity index (χ2v) is 4.73. The molecule has 1 aromatic rings. The molecule has 0 aliphatic carbocycles. The minimum Gasteiger partial charge on any atom is -0.326 e. The summed E-state index contributed by atoms with van der Waals surface area (Å²) in [6.45, 7) is 1.93. The van der Waals surface area contributed by atoms with Crippen molar-refractivity contribution in [2.75, 3.05) is 6.54 Å². The van der Waals surface area contributed by atoms with Crippen LogP contribution in [0.3, 0.4) is 0 Å². The molecule has 0 aromatic heterocycles. The first-order chi connectivity index (χ1) is 7.01. The third kappa shape index (κ3) is 2.74. The molecule has 3 N–H and O–H groups in total. The van der Waals surface area contributed by atoms with Gasteiger partial charge in [0.1, 0.15) is 5.82 Å². The molecule has 0 aliphatic rings. The molecular formula is C9H13FN2O2S. The van der Waals surface area contributed by atoms with Gasteiger partial charge in [0.25, 0.3) is 0 Å². The van der Waals surface area contributed by atoms with Gasteiger partial charge in [-0.1, -0.05) is 6.92 Å². The lowest BCUT2D eigenvalue weighted by atomic mass is 10.2. The molecular weight excluding hydrogens is 219 g/mol. The van der Waals surface area contributed by atoms with Gasteiger partial charge in [-0.3, -0.25) is 0 Å². The van der Waals surface area contributed by atoms with Gasteiger partial charge in [0.15, 0.2) is 0 Å². The zero-order chi connectivity index (χ0) is 11.5. The number of nitrogens with two attached hydrogens (primary N) is 1. The molecule has 0 amide bonds. The van der Waals surface area contributed by atoms with Crippen molar-refractivity contribution in [3.05, 3.63) is 29.6 Å². The van der Waals surface area contributed by atoms with Gasteiger partial charge in [-0.05, 0) is 18.2 Å². The van der Waals surface area contributed by atoms with Gasteiger partial charge in [-0.25, -0.2) is 17.5 Å². The SMILES string of the molecule is CCNS(=O)(=O)c1ccc(F)c(CN)c1. The van der Waals surface area contributed by atoms with Gasteiger partial charge >= 0.3 is 0 Å². The Morgan fingerprint density at radius 3 is 2.67 bits per heavy atom. The summed E-state index contributed by atoms with van der Waals surface area (Å²) in [5, 5.41) is 0. The van der Waals surface area contributed by atoms with Crippen molar-refractivity contribution in [3.63, 3.8) is 0 Å². The fourth-order valence-corrected chi connectivity index (χ4v) is 2.24. The van der Waals surface area contributed by atoms with Crippen LogP contribution >= 0.6 is 0 Å². The molecule has 1 rings (SSSR count). The summed E-state index contributed by atoms with van der Waals surface area (Å²) in [6, 6.07) is 3.56. The zero-order valence-corrected chi connectivity index (χ0v) is 9.14. The number of hydrogen-bond acceptors (Lipinski definition) is 3. The maximum absolute atomic E-state index is 13.0. The van der Waals surface area contributed by atoms with Crippen LogP contribution in [0.1, 0.15) is 12.5 Å². The highest BCUT2D eigenvalue weighted by Crippen LogP contribution is 2.14. The molecule has 6 heteroatoms. The van der Waals surface area contributed by atoms with Gasteiger partial charge < -0.3 is 5.73 Å². The normalized spacial score (nSPS) is 11.7. The number of hydrogen-bond donors (Lipinski definition) is 2. The van der Waals surface area contributed by atoms with Gasteiger partial charge in [0.05, 0.1) is 4.90 Å². The van der Waals surface area contributed by atoms with Crippen LogP contribution in [0.5, 0.6) is 0 Å². The average molecular weight is 232 g/mol. The Balaban J connectivity index is 3.17. The zero-order valence-electron chi connectivity index (χ0n) is 8.33. The fourth-order valence-electron chi connectivity index (χ4n) is 1.15. The molecule has 0 atom stereocenters. The Morgan fingerprint density at radius 2 is 2.13 bits per heavy atom. The molecule has 0 heterocycles. The van der Waals surface area contributed by atoms with Crippen LogP contribution in [0.25, 0.3) is 0 Å². The smallest absolute Gasteiger partial charge is 0.240 e. The summed E-state index contributed by atoms with van der Waals surface area (Å²) in [5.41, 5.74) is 5.47. The topological polar surface area (TPSA) is 72.2 Å². The third-order valence-electron chi connectivity index (χ3n) is 1.88. The van der Waals surface area contributed by atoms with Crippen LogP contribution in [0, 0.1) is 5.82 Å². The van der Waals surface area contributed by atoms with Gasteiger partial charge in [-0.15, -0.1) is 0 Å².